The lowest BCUT2D eigenvalue weighted by Crippen LogP contribution is -2.45. The molecule has 0 aromatic heterocycles. The van der Waals surface area contributed by atoms with E-state index in [4.69, 9.17) is 5.73 Å². The Bertz CT molecular complexity index is 196. The van der Waals surface area contributed by atoms with Crippen molar-refractivity contribution in [3.05, 3.63) is 0 Å². The van der Waals surface area contributed by atoms with Crippen LogP contribution in [0.2, 0.25) is 0 Å². The second-order valence-corrected chi connectivity index (χ2v) is 2.58. The van der Waals surface area contributed by atoms with Crippen LogP contribution in [-0.2, 0) is 19.1 Å². The van der Waals surface area contributed by atoms with Crippen LogP contribution < -0.4 is 11.1 Å². The summed E-state index contributed by atoms with van der Waals surface area (Å²) in [6.07, 6.45) is 0. The molecule has 0 radical (unpaired) electrons. The van der Waals surface area contributed by atoms with Crippen LogP contribution in [0.4, 0.5) is 0 Å². The first-order valence-electron chi connectivity index (χ1n) is 4.29. The summed E-state index contributed by atoms with van der Waals surface area (Å²) in [6, 6.07) is -0.755. The molecule has 82 valence electrons. The first-order chi connectivity index (χ1) is 6.61. The zero-order chi connectivity index (χ0) is 11.0. The molecule has 0 aromatic rings. The van der Waals surface area contributed by atoms with Gasteiger partial charge in [0.05, 0.1) is 13.2 Å². The number of amides is 1. The van der Waals surface area contributed by atoms with Crippen molar-refractivity contribution in [2.75, 3.05) is 26.9 Å². The van der Waals surface area contributed by atoms with Crippen LogP contribution in [0.25, 0.3) is 0 Å². The van der Waals surface area contributed by atoms with Crippen LogP contribution in [0, 0.1) is 0 Å². The maximum atomic E-state index is 11.1. The van der Waals surface area contributed by atoms with E-state index in [9.17, 15) is 9.59 Å². The van der Waals surface area contributed by atoms with Crippen molar-refractivity contribution in [3.8, 4) is 0 Å². The Labute approximate surface area is 82.7 Å². The van der Waals surface area contributed by atoms with Gasteiger partial charge in [-0.2, -0.15) is 0 Å². The maximum Gasteiger partial charge on any atom is 0.325 e. The number of carbonyl (C=O) groups excluding carboxylic acids is 2. The monoisotopic (exact) mass is 204 g/mol. The Morgan fingerprint density at radius 2 is 2.14 bits per heavy atom. The van der Waals surface area contributed by atoms with E-state index in [0.717, 1.165) is 0 Å². The second kappa shape index (κ2) is 7.28. The molecule has 0 fully saturated rings. The molecule has 0 aliphatic carbocycles. The number of nitrogens with two attached hydrogens (primary N) is 1. The molecule has 3 N–H and O–H groups in total. The summed E-state index contributed by atoms with van der Waals surface area (Å²) in [6.45, 7) is 1.94. The summed E-state index contributed by atoms with van der Waals surface area (Å²) in [4.78, 5) is 21.9. The molecule has 1 amide bonds. The number of rotatable bonds is 6. The molecular formula is C8H16N2O4. The van der Waals surface area contributed by atoms with Crippen molar-refractivity contribution >= 4 is 11.9 Å². The first kappa shape index (κ1) is 12.9. The standard InChI is InChI=1S/C8H16N2O4/c1-3-14-7(11)4-10-8(12)6(9)5-13-2/h6H,3-5,9H2,1-2H3,(H,10,12). The summed E-state index contributed by atoms with van der Waals surface area (Å²) in [5.74, 6) is -0.912. The normalized spacial score (nSPS) is 11.9. The molecule has 14 heavy (non-hydrogen) atoms. The van der Waals surface area contributed by atoms with E-state index >= 15 is 0 Å². The number of hydrogen-bond acceptors (Lipinski definition) is 5. The molecule has 1 atom stereocenters. The number of methoxy groups -OCH3 is 1. The fourth-order valence-corrected chi connectivity index (χ4v) is 0.758. The molecule has 0 heterocycles. The SMILES string of the molecule is CCOC(=O)CNC(=O)C(N)COC. The zero-order valence-corrected chi connectivity index (χ0v) is 8.41. The average Bonchev–Trinajstić information content (AvgIpc) is 2.15. The molecule has 6 heteroatoms. The molecule has 6 nitrogen and oxygen atoms in total. The van der Waals surface area contributed by atoms with Crippen molar-refractivity contribution in [1.29, 1.82) is 0 Å². The molecule has 0 aromatic carbocycles. The lowest BCUT2D eigenvalue weighted by molar-refractivity contribution is -0.143. The highest BCUT2D eigenvalue weighted by Gasteiger charge is 2.13. The van der Waals surface area contributed by atoms with Gasteiger partial charge in [-0.1, -0.05) is 0 Å². The summed E-state index contributed by atoms with van der Waals surface area (Å²) >= 11 is 0. The third-order valence-electron chi connectivity index (χ3n) is 1.40. The van der Waals surface area contributed by atoms with Crippen molar-refractivity contribution in [3.63, 3.8) is 0 Å². The molecule has 0 rings (SSSR count). The van der Waals surface area contributed by atoms with Crippen LogP contribution in [0.3, 0.4) is 0 Å². The summed E-state index contributed by atoms with van der Waals surface area (Å²) in [5, 5.41) is 2.33. The molecule has 0 bridgehead atoms. The van der Waals surface area contributed by atoms with E-state index in [2.05, 4.69) is 14.8 Å². The molecule has 0 saturated carbocycles. The Morgan fingerprint density at radius 3 is 2.64 bits per heavy atom. The lowest BCUT2D eigenvalue weighted by atomic mass is 10.3. The second-order valence-electron chi connectivity index (χ2n) is 2.58. The Kier molecular flexibility index (Phi) is 6.69. The minimum absolute atomic E-state index is 0.120. The van der Waals surface area contributed by atoms with E-state index < -0.39 is 17.9 Å². The Balaban J connectivity index is 3.67. The number of carbonyl (C=O) groups is 2. The van der Waals surface area contributed by atoms with E-state index in [1.54, 1.807) is 6.92 Å². The van der Waals surface area contributed by atoms with E-state index in [1.165, 1.54) is 7.11 Å². The van der Waals surface area contributed by atoms with Crippen molar-refractivity contribution in [2.24, 2.45) is 5.73 Å². The highest BCUT2D eigenvalue weighted by Crippen LogP contribution is 1.81. The van der Waals surface area contributed by atoms with Gasteiger partial charge in [0.2, 0.25) is 5.91 Å². The highest BCUT2D eigenvalue weighted by atomic mass is 16.5. The van der Waals surface area contributed by atoms with Gasteiger partial charge in [0.1, 0.15) is 12.6 Å². The Morgan fingerprint density at radius 1 is 1.50 bits per heavy atom. The van der Waals surface area contributed by atoms with Gasteiger partial charge in [-0.05, 0) is 6.92 Å². The van der Waals surface area contributed by atoms with Crippen molar-refractivity contribution < 1.29 is 19.1 Å². The van der Waals surface area contributed by atoms with Crippen molar-refractivity contribution in [1.82, 2.24) is 5.32 Å². The molecule has 0 spiro atoms. The first-order valence-corrected chi connectivity index (χ1v) is 4.29. The fraction of sp³-hybridized carbons (Fsp3) is 0.750. The van der Waals surface area contributed by atoms with Gasteiger partial charge in [-0.3, -0.25) is 9.59 Å². The van der Waals surface area contributed by atoms with Gasteiger partial charge in [0.25, 0.3) is 0 Å². The van der Waals surface area contributed by atoms with Crippen molar-refractivity contribution in [2.45, 2.75) is 13.0 Å². The van der Waals surface area contributed by atoms with Crippen LogP contribution in [0.1, 0.15) is 6.92 Å². The van der Waals surface area contributed by atoms with Crippen LogP contribution in [0.15, 0.2) is 0 Å². The van der Waals surface area contributed by atoms with Gasteiger partial charge in [-0.25, -0.2) is 0 Å². The van der Waals surface area contributed by atoms with Crippen LogP contribution in [0.5, 0.6) is 0 Å². The predicted octanol–water partition coefficient (Wildman–Crippen LogP) is -1.36. The van der Waals surface area contributed by atoms with Crippen LogP contribution >= 0.6 is 0 Å². The van der Waals surface area contributed by atoms with Gasteiger partial charge in [0.15, 0.2) is 0 Å². The van der Waals surface area contributed by atoms with Gasteiger partial charge < -0.3 is 20.5 Å². The van der Waals surface area contributed by atoms with Crippen LogP contribution in [-0.4, -0.2) is 44.8 Å². The smallest absolute Gasteiger partial charge is 0.325 e. The van der Waals surface area contributed by atoms with E-state index in [1.807, 2.05) is 0 Å². The summed E-state index contributed by atoms with van der Waals surface area (Å²) < 4.78 is 9.28. The molecule has 0 aliphatic heterocycles. The lowest BCUT2D eigenvalue weighted by Gasteiger charge is -2.10. The molecule has 1 unspecified atom stereocenters. The quantitative estimate of drug-likeness (QED) is 0.521. The highest BCUT2D eigenvalue weighted by molar-refractivity contribution is 5.85. The number of esters is 1. The fourth-order valence-electron chi connectivity index (χ4n) is 0.758. The minimum Gasteiger partial charge on any atom is -0.465 e. The van der Waals surface area contributed by atoms with E-state index in [-0.39, 0.29) is 13.2 Å². The molecule has 0 aliphatic rings. The minimum atomic E-state index is -0.755. The van der Waals surface area contributed by atoms with Gasteiger partial charge in [-0.15, -0.1) is 0 Å². The summed E-state index contributed by atoms with van der Waals surface area (Å²) in [5.41, 5.74) is 5.40. The molecule has 0 saturated heterocycles. The zero-order valence-electron chi connectivity index (χ0n) is 8.41. The maximum absolute atomic E-state index is 11.1. The number of hydrogen-bond donors (Lipinski definition) is 2. The number of ether oxygens (including phenoxy) is 2. The van der Waals surface area contributed by atoms with Gasteiger partial charge in [0, 0.05) is 7.11 Å². The van der Waals surface area contributed by atoms with E-state index in [0.29, 0.717) is 6.61 Å². The molecular weight excluding hydrogens is 188 g/mol. The summed E-state index contributed by atoms with van der Waals surface area (Å²) in [7, 11) is 1.44. The third-order valence-corrected chi connectivity index (χ3v) is 1.40. The largest absolute Gasteiger partial charge is 0.465 e. The average molecular weight is 204 g/mol. The third kappa shape index (κ3) is 5.50. The topological polar surface area (TPSA) is 90.7 Å². The number of nitrogens with one attached hydrogen (secondary N) is 1. The Hall–Kier alpha value is -1.14. The predicted molar refractivity (Wildman–Crippen MR) is 49.5 cm³/mol. The van der Waals surface area contributed by atoms with Gasteiger partial charge >= 0.3 is 5.97 Å².